The van der Waals surface area contributed by atoms with Crippen molar-refractivity contribution in [2.45, 2.75) is 171 Å². The molecule has 6 unspecified atom stereocenters. The number of pyridine rings is 9. The molecule has 0 bridgehead atoms. The number of hydrogen-bond acceptors (Lipinski definition) is 20. The van der Waals surface area contributed by atoms with Crippen LogP contribution in [0.15, 0.2) is 163 Å². The average molecular weight is 1850 g/mol. The van der Waals surface area contributed by atoms with E-state index >= 15 is 4.39 Å². The Morgan fingerprint density at radius 3 is 1.21 bits per heavy atom. The summed E-state index contributed by atoms with van der Waals surface area (Å²) in [6.07, 6.45) is 15.4. The van der Waals surface area contributed by atoms with Gasteiger partial charge in [-0.05, 0) is 186 Å². The van der Waals surface area contributed by atoms with E-state index in [2.05, 4.69) is 97.0 Å². The minimum atomic E-state index is -0.545. The number of fused-ring (bicyclic) bond motifs is 18. The topological polar surface area (TPSA) is 318 Å². The van der Waals surface area contributed by atoms with E-state index in [-0.39, 0.29) is 107 Å². The molecule has 135 heavy (non-hydrogen) atoms. The number of imidazole rings is 3. The summed E-state index contributed by atoms with van der Waals surface area (Å²) < 4.78 is 34.0. The van der Waals surface area contributed by atoms with E-state index in [9.17, 15) is 28.8 Å². The van der Waals surface area contributed by atoms with Gasteiger partial charge in [0.1, 0.15) is 23.8 Å². The van der Waals surface area contributed by atoms with Crippen molar-refractivity contribution in [3.63, 3.8) is 0 Å². The number of benzene rings is 3. The molecular weight excluding hydrogens is 1750 g/mol. The third kappa shape index (κ3) is 14.9. The number of carbonyl (C=O) groups is 3. The predicted octanol–water partition coefficient (Wildman–Crippen LogP) is 17.1. The zero-order chi connectivity index (χ0) is 95.2. The van der Waals surface area contributed by atoms with Gasteiger partial charge in [0.05, 0.1) is 149 Å². The van der Waals surface area contributed by atoms with Crippen LogP contribution in [0.4, 0.5) is 21.5 Å². The number of rotatable bonds is 12. The quantitative estimate of drug-likeness (QED) is 0.0957. The molecule has 0 aliphatic carbocycles. The first-order valence-corrected chi connectivity index (χ1v) is 46.4. The van der Waals surface area contributed by atoms with Gasteiger partial charge in [-0.1, -0.05) is 103 Å². The van der Waals surface area contributed by atoms with Crippen LogP contribution in [0.2, 0.25) is 10.0 Å². The zero-order valence-electron chi connectivity index (χ0n) is 78.0. The molecule has 3 amide bonds. The normalized spacial score (nSPS) is 17.9. The highest BCUT2D eigenvalue weighted by atomic mass is 35.5. The molecule has 6 aliphatic heterocycles. The molecule has 12 aromatic heterocycles. The minimum Gasteiger partial charge on any atom is -0.486 e. The molecule has 690 valence electrons. The first-order chi connectivity index (χ1) is 64.8. The summed E-state index contributed by atoms with van der Waals surface area (Å²) in [5.74, 6) is -0.450. The number of aromatic amines is 3. The SMILES string of the molecule is C=CC(=O)N1CC2CCOc3c(c4cc(Cl)c(-c5c(C)ccc6[nH]cnc56)nc4n(-c4c(C)ccnc4C(C)C)c3=O)N2CC1C.C=CC(=O)N1CC2COc3c(c4cc(F)c(-c5c(C)ccc6[nH]cnc56)nc4n(-c4c(C)ccnc4C(C)C)c3=O)N2CC1C.C=CC(=O)N1CC2Cc3c(c4cc(Cl)c(-c5c(C)ccc6[nH]cnc56)nc4n(-c4c(C)ccnc4C(C)C)c3=O)N2CC1C. The lowest BCUT2D eigenvalue weighted by atomic mass is 9.99. The number of ether oxygens (including phenoxy) is 2. The van der Waals surface area contributed by atoms with Crippen LogP contribution >= 0.6 is 23.2 Å². The van der Waals surface area contributed by atoms with Crippen molar-refractivity contribution in [2.24, 2.45) is 0 Å². The number of hydrogen-bond donors (Lipinski definition) is 3. The van der Waals surface area contributed by atoms with Gasteiger partial charge in [0.2, 0.25) is 29.2 Å². The van der Waals surface area contributed by atoms with Crippen LogP contribution in [0.5, 0.6) is 11.5 Å². The number of halogens is 3. The molecule has 3 N–H and O–H groups in total. The van der Waals surface area contributed by atoms with Gasteiger partial charge < -0.3 is 53.8 Å². The van der Waals surface area contributed by atoms with Crippen LogP contribution in [-0.2, 0) is 20.8 Å². The van der Waals surface area contributed by atoms with Crippen molar-refractivity contribution >= 4 is 124 Å². The first-order valence-electron chi connectivity index (χ1n) is 45.7. The van der Waals surface area contributed by atoms with E-state index in [1.54, 1.807) is 51.6 Å². The molecule has 29 nitrogen and oxygen atoms in total. The first kappa shape index (κ1) is 89.9. The van der Waals surface area contributed by atoms with E-state index in [4.69, 9.17) is 57.6 Å². The summed E-state index contributed by atoms with van der Waals surface area (Å²) in [5, 5.41) is 2.84. The number of aromatic nitrogens is 15. The van der Waals surface area contributed by atoms with E-state index in [1.807, 2.05) is 153 Å². The van der Waals surface area contributed by atoms with Gasteiger partial charge in [-0.25, -0.2) is 34.3 Å². The second-order valence-corrected chi connectivity index (χ2v) is 37.9. The van der Waals surface area contributed by atoms with Crippen LogP contribution in [0, 0.1) is 47.4 Å². The minimum absolute atomic E-state index is 0.0144. The number of nitrogens with one attached hydrogen (secondary N) is 3. The molecule has 21 rings (SSSR count). The third-order valence-electron chi connectivity index (χ3n) is 27.4. The summed E-state index contributed by atoms with van der Waals surface area (Å²) in [7, 11) is 0. The van der Waals surface area contributed by atoms with E-state index in [0.717, 1.165) is 106 Å². The molecule has 32 heteroatoms. The number of anilines is 3. The number of H-pyrrole nitrogens is 3. The summed E-state index contributed by atoms with van der Waals surface area (Å²) >= 11 is 14.3. The van der Waals surface area contributed by atoms with Crippen LogP contribution < -0.4 is 40.9 Å². The van der Waals surface area contributed by atoms with Gasteiger partial charge in [-0.3, -0.25) is 57.4 Å². The maximum absolute atomic E-state index is 16.5. The van der Waals surface area contributed by atoms with Crippen LogP contribution in [0.3, 0.4) is 0 Å². The van der Waals surface area contributed by atoms with Crippen molar-refractivity contribution in [1.29, 1.82) is 0 Å². The Balaban J connectivity index is 0.000000130. The molecule has 3 saturated heterocycles. The molecule has 6 aliphatic rings. The number of nitrogens with zero attached hydrogens (tertiary/aromatic N) is 18. The fourth-order valence-corrected chi connectivity index (χ4v) is 21.4. The number of piperazine rings is 3. The second-order valence-electron chi connectivity index (χ2n) is 37.1. The lowest BCUT2D eigenvalue weighted by molar-refractivity contribution is -0.129. The lowest BCUT2D eigenvalue weighted by Crippen LogP contribution is -2.62. The average Bonchev–Trinajstić information content (AvgIpc) is 1.03. The molecule has 3 aromatic carbocycles. The summed E-state index contributed by atoms with van der Waals surface area (Å²) in [5.41, 5.74) is 20.9. The fourth-order valence-electron chi connectivity index (χ4n) is 20.9. The molecular formula is C103H104Cl2FN21O8. The molecule has 18 heterocycles. The highest BCUT2D eigenvalue weighted by Gasteiger charge is 2.46. The monoisotopic (exact) mass is 1850 g/mol. The maximum Gasteiger partial charge on any atom is 0.301 e. The molecule has 3 fully saturated rings. The Labute approximate surface area is 787 Å². The molecule has 0 spiro atoms. The maximum atomic E-state index is 16.5. The Kier molecular flexibility index (Phi) is 23.3. The highest BCUT2D eigenvalue weighted by molar-refractivity contribution is 6.35. The largest absolute Gasteiger partial charge is 0.486 e. The van der Waals surface area contributed by atoms with Gasteiger partial charge in [-0.2, -0.15) is 0 Å². The predicted molar refractivity (Wildman–Crippen MR) is 528 cm³/mol. The Morgan fingerprint density at radius 2 is 0.793 bits per heavy atom. The standard InChI is InChI=1S/C35H36ClN7O3.C34H34ClN7O2.C34H34FN7O3/c1-7-26(44)41-16-22-11-13-46-33-32(42(22)15-21(41)6)23-14-24(36)29(27-19(4)8-9-25-30(27)39-17-38-25)40-34(23)43(35(33)45)31-20(5)10-12-37-28(31)18(2)3;1-7-26(43)40-15-21-12-23-32(41(21)14-20(40)6)22-13-24(35)29(27-18(4)8-9-25-30(27)38-16-37-25)39-33(22)42(34(23)44)31-19(5)10-11-36-28(31)17(2)3;1-7-25(43)40-14-21-15-45-32-31(41(21)13-20(40)6)22-12-23(35)28(26-18(4)8-9-24-29(26)38-16-37-24)39-33(22)42(34(32)44)30-19(5)10-11-36-27(30)17(2)3/h7-10,12,14,17-18,21-22H,1,11,13,15-16H2,2-6H3,(H,38,39);7-11,13,16-17,20-21H,1,12,14-15H2,2-6H3,(H,37,38);7-12,16-17,20-21H,1,13-15H2,2-6H3,(H,37,38). The Bertz CT molecular complexity index is 7720. The van der Waals surface area contributed by atoms with Crippen molar-refractivity contribution in [3.05, 3.63) is 251 Å². The third-order valence-corrected chi connectivity index (χ3v) is 28.0. The number of amides is 3. The van der Waals surface area contributed by atoms with Crippen LogP contribution in [-0.4, -0.2) is 195 Å². The van der Waals surface area contributed by atoms with Crippen LogP contribution in [0.25, 0.3) is 117 Å². The van der Waals surface area contributed by atoms with Crippen LogP contribution in [0.1, 0.15) is 143 Å². The number of carbonyl (C=O) groups excluding carboxylic acids is 3. The zero-order valence-corrected chi connectivity index (χ0v) is 79.5. The second kappa shape index (κ2) is 35.0. The van der Waals surface area contributed by atoms with E-state index in [1.165, 1.54) is 28.9 Å². The van der Waals surface area contributed by atoms with Gasteiger partial charge in [0, 0.05) is 127 Å². The Hall–Kier alpha value is -14.3. The van der Waals surface area contributed by atoms with Crippen molar-refractivity contribution in [2.75, 3.05) is 67.2 Å². The summed E-state index contributed by atoms with van der Waals surface area (Å²) in [4.78, 5) is 147. The summed E-state index contributed by atoms with van der Waals surface area (Å²) in [6.45, 7) is 44.6. The molecule has 15 aromatic rings. The van der Waals surface area contributed by atoms with Gasteiger partial charge >= 0.3 is 11.1 Å². The highest BCUT2D eigenvalue weighted by Crippen LogP contribution is 2.49. The fraction of sp³-hybridized carbons (Fsp3) is 0.330. The van der Waals surface area contributed by atoms with Gasteiger partial charge in [-0.15, -0.1) is 0 Å². The van der Waals surface area contributed by atoms with E-state index in [0.29, 0.717) is 147 Å². The lowest BCUT2D eigenvalue weighted by Gasteiger charge is -2.48. The van der Waals surface area contributed by atoms with Crippen molar-refractivity contribution < 1.29 is 28.2 Å². The summed E-state index contributed by atoms with van der Waals surface area (Å²) in [6, 6.07) is 22.1. The van der Waals surface area contributed by atoms with Crippen molar-refractivity contribution in [3.8, 4) is 62.3 Å². The van der Waals surface area contributed by atoms with E-state index < -0.39 is 11.4 Å². The molecule has 0 saturated carbocycles. The van der Waals surface area contributed by atoms with Crippen molar-refractivity contribution in [1.82, 2.24) is 88.2 Å². The molecule has 0 radical (unpaired) electrons. The van der Waals surface area contributed by atoms with Gasteiger partial charge in [0.25, 0.3) is 5.56 Å². The van der Waals surface area contributed by atoms with Gasteiger partial charge in [0.15, 0.2) is 11.3 Å². The Morgan fingerprint density at radius 1 is 0.437 bits per heavy atom. The number of aryl methyl sites for hydroxylation is 6. The smallest absolute Gasteiger partial charge is 0.301 e. The molecule has 6 atom stereocenters.